The lowest BCUT2D eigenvalue weighted by Gasteiger charge is -2.33. The summed E-state index contributed by atoms with van der Waals surface area (Å²) in [5.41, 5.74) is 3.29. The molecule has 0 amide bonds. The summed E-state index contributed by atoms with van der Waals surface area (Å²) in [4.78, 5) is 12.1. The Labute approximate surface area is 151 Å². The molecule has 4 rings (SSSR count). The lowest BCUT2D eigenvalue weighted by atomic mass is 9.96. The molecule has 0 bridgehead atoms. The third-order valence-electron chi connectivity index (χ3n) is 4.28. The van der Waals surface area contributed by atoms with Gasteiger partial charge in [-0.05, 0) is 36.4 Å². The zero-order valence-electron chi connectivity index (χ0n) is 14.7. The van der Waals surface area contributed by atoms with E-state index in [-0.39, 0.29) is 11.2 Å². The van der Waals surface area contributed by atoms with E-state index >= 15 is 0 Å². The van der Waals surface area contributed by atoms with Gasteiger partial charge in [0.1, 0.15) is 5.82 Å². The number of pyridine rings is 1. The van der Waals surface area contributed by atoms with Gasteiger partial charge in [0, 0.05) is 28.9 Å². The highest BCUT2D eigenvalue weighted by Gasteiger charge is 2.31. The molecule has 1 N–H and O–H groups in total. The van der Waals surface area contributed by atoms with Crippen molar-refractivity contribution < 1.29 is 13.9 Å². The lowest BCUT2D eigenvalue weighted by molar-refractivity contribution is -0.229. The van der Waals surface area contributed by atoms with E-state index in [0.29, 0.717) is 19.0 Å². The van der Waals surface area contributed by atoms with Gasteiger partial charge in [0.25, 0.3) is 0 Å². The number of hydrogen-bond donors (Lipinski definition) is 1. The maximum atomic E-state index is 13.3. The van der Waals surface area contributed by atoms with E-state index in [1.807, 2.05) is 12.1 Å². The minimum Gasteiger partial charge on any atom is -0.345 e. The van der Waals surface area contributed by atoms with Crippen LogP contribution in [0.1, 0.15) is 26.0 Å². The number of imidazole rings is 1. The second kappa shape index (κ2) is 6.63. The first-order chi connectivity index (χ1) is 12.5. The van der Waals surface area contributed by atoms with Crippen molar-refractivity contribution >= 4 is 0 Å². The van der Waals surface area contributed by atoms with Crippen molar-refractivity contribution in [3.63, 3.8) is 0 Å². The standard InChI is InChI=1S/C20H20FN3O2/c1-20(2)11-25-19(26-12-20)18-23-16(13-3-5-15(21)6-4-13)17(24-18)14-7-9-22-10-8-14/h3-10,19H,11-12H2,1-2H3,(H,23,24). The molecule has 1 fully saturated rings. The number of rotatable bonds is 3. The molecule has 0 atom stereocenters. The molecule has 0 saturated carbocycles. The van der Waals surface area contributed by atoms with Crippen LogP contribution in [0.5, 0.6) is 0 Å². The number of H-pyrrole nitrogens is 1. The topological polar surface area (TPSA) is 60.0 Å². The van der Waals surface area contributed by atoms with Gasteiger partial charge in [-0.2, -0.15) is 0 Å². The summed E-state index contributed by atoms with van der Waals surface area (Å²) in [6.45, 7) is 5.37. The Morgan fingerprint density at radius 3 is 2.31 bits per heavy atom. The van der Waals surface area contributed by atoms with Gasteiger partial charge in [-0.1, -0.05) is 13.8 Å². The fourth-order valence-electron chi connectivity index (χ4n) is 2.90. The Bertz CT molecular complexity index is 881. The highest BCUT2D eigenvalue weighted by Crippen LogP contribution is 2.35. The summed E-state index contributed by atoms with van der Waals surface area (Å²) in [5, 5.41) is 0. The first-order valence-corrected chi connectivity index (χ1v) is 8.51. The molecule has 1 aromatic carbocycles. The van der Waals surface area contributed by atoms with E-state index in [1.165, 1.54) is 12.1 Å². The van der Waals surface area contributed by atoms with Crippen LogP contribution in [0.3, 0.4) is 0 Å². The summed E-state index contributed by atoms with van der Waals surface area (Å²) in [6, 6.07) is 10.1. The normalized spacial score (nSPS) is 17.3. The van der Waals surface area contributed by atoms with Gasteiger partial charge in [0.2, 0.25) is 6.29 Å². The van der Waals surface area contributed by atoms with Crippen LogP contribution in [0.2, 0.25) is 0 Å². The fourth-order valence-corrected chi connectivity index (χ4v) is 2.90. The lowest BCUT2D eigenvalue weighted by Crippen LogP contribution is -2.34. The second-order valence-corrected chi connectivity index (χ2v) is 7.21. The molecule has 5 nitrogen and oxygen atoms in total. The summed E-state index contributed by atoms with van der Waals surface area (Å²) in [7, 11) is 0. The summed E-state index contributed by atoms with van der Waals surface area (Å²) in [5.74, 6) is 0.326. The van der Waals surface area contributed by atoms with E-state index in [2.05, 4.69) is 23.8 Å². The number of aromatic amines is 1. The Morgan fingerprint density at radius 2 is 1.65 bits per heavy atom. The number of hydrogen-bond acceptors (Lipinski definition) is 4. The first kappa shape index (κ1) is 16.9. The van der Waals surface area contributed by atoms with Crippen LogP contribution >= 0.6 is 0 Å². The maximum absolute atomic E-state index is 13.3. The van der Waals surface area contributed by atoms with Gasteiger partial charge in [0.05, 0.1) is 24.6 Å². The third-order valence-corrected chi connectivity index (χ3v) is 4.28. The SMILES string of the molecule is CC1(C)COC(c2nc(-c3ccncc3)c(-c3ccc(F)cc3)[nH]2)OC1. The van der Waals surface area contributed by atoms with Gasteiger partial charge in [-0.15, -0.1) is 0 Å². The molecule has 2 aromatic heterocycles. The molecule has 6 heteroatoms. The molecule has 0 aliphatic carbocycles. The van der Waals surface area contributed by atoms with Gasteiger partial charge in [0.15, 0.2) is 5.82 Å². The van der Waals surface area contributed by atoms with Crippen molar-refractivity contribution in [3.8, 4) is 22.5 Å². The molecule has 0 radical (unpaired) electrons. The Hall–Kier alpha value is -2.57. The van der Waals surface area contributed by atoms with Crippen LogP contribution in [0, 0.1) is 11.2 Å². The summed E-state index contributed by atoms with van der Waals surface area (Å²) >= 11 is 0. The van der Waals surface area contributed by atoms with Crippen LogP contribution < -0.4 is 0 Å². The number of nitrogens with zero attached hydrogens (tertiary/aromatic N) is 2. The summed E-state index contributed by atoms with van der Waals surface area (Å²) in [6.07, 6.45) is 2.89. The van der Waals surface area contributed by atoms with Crippen molar-refractivity contribution in [2.45, 2.75) is 20.1 Å². The van der Waals surface area contributed by atoms with Crippen molar-refractivity contribution in [2.24, 2.45) is 5.41 Å². The van der Waals surface area contributed by atoms with E-state index in [4.69, 9.17) is 14.5 Å². The minimum atomic E-state index is -0.544. The molecule has 3 aromatic rings. The van der Waals surface area contributed by atoms with E-state index in [9.17, 15) is 4.39 Å². The Balaban J connectivity index is 1.74. The summed E-state index contributed by atoms with van der Waals surface area (Å²) < 4.78 is 25.0. The maximum Gasteiger partial charge on any atom is 0.217 e. The third kappa shape index (κ3) is 3.38. The molecule has 26 heavy (non-hydrogen) atoms. The van der Waals surface area contributed by atoms with Crippen molar-refractivity contribution in [2.75, 3.05) is 13.2 Å². The minimum absolute atomic E-state index is 0.0171. The van der Waals surface area contributed by atoms with Gasteiger partial charge < -0.3 is 14.5 Å². The molecule has 134 valence electrons. The zero-order chi connectivity index (χ0) is 18.1. The van der Waals surface area contributed by atoms with E-state index in [0.717, 1.165) is 22.5 Å². The average molecular weight is 353 g/mol. The molecule has 1 aliphatic rings. The van der Waals surface area contributed by atoms with Crippen LogP contribution in [0.4, 0.5) is 4.39 Å². The smallest absolute Gasteiger partial charge is 0.217 e. The number of ether oxygens (including phenoxy) is 2. The Kier molecular flexibility index (Phi) is 4.30. The number of nitrogens with one attached hydrogen (secondary N) is 1. The second-order valence-electron chi connectivity index (χ2n) is 7.21. The van der Waals surface area contributed by atoms with Crippen LogP contribution in [-0.2, 0) is 9.47 Å². The zero-order valence-corrected chi connectivity index (χ0v) is 14.7. The van der Waals surface area contributed by atoms with E-state index < -0.39 is 6.29 Å². The molecule has 1 aliphatic heterocycles. The van der Waals surface area contributed by atoms with Gasteiger partial charge >= 0.3 is 0 Å². The highest BCUT2D eigenvalue weighted by molar-refractivity contribution is 5.78. The molecule has 3 heterocycles. The van der Waals surface area contributed by atoms with Crippen molar-refractivity contribution in [1.29, 1.82) is 0 Å². The first-order valence-electron chi connectivity index (χ1n) is 8.51. The quantitative estimate of drug-likeness (QED) is 0.760. The molecular weight excluding hydrogens is 333 g/mol. The molecular formula is C20H20FN3O2. The highest BCUT2D eigenvalue weighted by atomic mass is 19.1. The van der Waals surface area contributed by atoms with Crippen LogP contribution in [0.15, 0.2) is 48.8 Å². The molecule has 0 unspecified atom stereocenters. The van der Waals surface area contributed by atoms with E-state index in [1.54, 1.807) is 24.5 Å². The average Bonchev–Trinajstić information content (AvgIpc) is 3.08. The monoisotopic (exact) mass is 353 g/mol. The largest absolute Gasteiger partial charge is 0.345 e. The number of aromatic nitrogens is 3. The predicted octanol–water partition coefficient (Wildman–Crippen LogP) is 4.35. The number of halogens is 1. The molecule has 1 saturated heterocycles. The predicted molar refractivity (Wildman–Crippen MR) is 95.6 cm³/mol. The number of benzene rings is 1. The van der Waals surface area contributed by atoms with Crippen molar-refractivity contribution in [3.05, 3.63) is 60.4 Å². The van der Waals surface area contributed by atoms with Crippen LogP contribution in [-0.4, -0.2) is 28.2 Å². The molecule has 0 spiro atoms. The van der Waals surface area contributed by atoms with Gasteiger partial charge in [-0.3, -0.25) is 4.98 Å². The van der Waals surface area contributed by atoms with Crippen molar-refractivity contribution in [1.82, 2.24) is 15.0 Å². The van der Waals surface area contributed by atoms with Gasteiger partial charge in [-0.25, -0.2) is 9.37 Å². The Morgan fingerprint density at radius 1 is 1.00 bits per heavy atom. The fraction of sp³-hybridized carbons (Fsp3) is 0.300. The van der Waals surface area contributed by atoms with Crippen LogP contribution in [0.25, 0.3) is 22.5 Å².